The van der Waals surface area contributed by atoms with E-state index in [1.807, 2.05) is 19.9 Å². The Morgan fingerprint density at radius 2 is 1.96 bits per heavy atom. The maximum Gasteiger partial charge on any atom is 0.322 e. The molecular weight excluding hydrogens is 318 g/mol. The Bertz CT molecular complexity index is 769. The van der Waals surface area contributed by atoms with Gasteiger partial charge in [-0.05, 0) is 25.8 Å². The first kappa shape index (κ1) is 17.2. The van der Waals surface area contributed by atoms with E-state index in [-0.39, 0.29) is 17.4 Å². The maximum absolute atomic E-state index is 12.3. The number of aromatic nitrogens is 2. The summed E-state index contributed by atoms with van der Waals surface area (Å²) in [5, 5.41) is 13.3. The number of sulfonamides is 1. The van der Waals surface area contributed by atoms with E-state index in [2.05, 4.69) is 9.82 Å². The minimum absolute atomic E-state index is 0.0125. The zero-order valence-corrected chi connectivity index (χ0v) is 13.7. The molecule has 2 N–H and O–H groups in total. The molecule has 23 heavy (non-hydrogen) atoms. The lowest BCUT2D eigenvalue weighted by Gasteiger charge is -2.14. The monoisotopic (exact) mass is 337 g/mol. The van der Waals surface area contributed by atoms with E-state index in [1.165, 1.54) is 17.1 Å². The van der Waals surface area contributed by atoms with Crippen LogP contribution < -0.4 is 4.72 Å². The molecule has 124 valence electrons. The van der Waals surface area contributed by atoms with E-state index in [4.69, 9.17) is 0 Å². The normalized spacial score (nSPS) is 13.2. The van der Waals surface area contributed by atoms with Crippen molar-refractivity contribution in [2.45, 2.75) is 37.2 Å². The predicted molar refractivity (Wildman–Crippen MR) is 84.5 cm³/mol. The van der Waals surface area contributed by atoms with E-state index in [1.54, 1.807) is 24.3 Å². The fraction of sp³-hybridized carbons (Fsp3) is 0.333. The zero-order chi connectivity index (χ0) is 17.0. The molecule has 7 nitrogen and oxygen atoms in total. The molecule has 1 atom stereocenters. The Labute approximate surface area is 135 Å². The van der Waals surface area contributed by atoms with Gasteiger partial charge in [-0.3, -0.25) is 9.48 Å². The Kier molecular flexibility index (Phi) is 5.17. The van der Waals surface area contributed by atoms with Gasteiger partial charge in [0.2, 0.25) is 10.0 Å². The molecule has 2 aromatic rings. The molecule has 0 saturated heterocycles. The van der Waals surface area contributed by atoms with Crippen molar-refractivity contribution in [3.8, 4) is 0 Å². The first-order chi connectivity index (χ1) is 10.8. The lowest BCUT2D eigenvalue weighted by Crippen LogP contribution is -2.42. The molecule has 1 aromatic carbocycles. The average Bonchev–Trinajstić information content (AvgIpc) is 2.98. The van der Waals surface area contributed by atoms with Crippen molar-refractivity contribution in [1.82, 2.24) is 14.5 Å². The number of rotatable bonds is 7. The molecule has 0 unspecified atom stereocenters. The maximum atomic E-state index is 12.3. The standard InChI is InChI=1S/C15H19N3O4S/c1-11(2)18-10-13(9-16-18)23(21,22)17-14(15(19)20)8-12-6-4-3-5-7-12/h3-7,9-11,14,17H,8H2,1-2H3,(H,19,20)/t14-/m1/s1. The van der Waals surface area contributed by atoms with Crippen molar-refractivity contribution in [3.05, 3.63) is 48.3 Å². The van der Waals surface area contributed by atoms with Crippen LogP contribution in [0.3, 0.4) is 0 Å². The molecule has 2 rings (SSSR count). The molecule has 0 fully saturated rings. The number of aliphatic carboxylic acids is 1. The molecule has 8 heteroatoms. The SMILES string of the molecule is CC(C)n1cc(S(=O)(=O)N[C@H](Cc2ccccc2)C(=O)O)cn1. The molecule has 0 radical (unpaired) electrons. The highest BCUT2D eigenvalue weighted by atomic mass is 32.2. The van der Waals surface area contributed by atoms with Gasteiger partial charge in [0.25, 0.3) is 0 Å². The molecule has 0 spiro atoms. The summed E-state index contributed by atoms with van der Waals surface area (Å²) in [5.74, 6) is -1.23. The Morgan fingerprint density at radius 1 is 1.30 bits per heavy atom. The van der Waals surface area contributed by atoms with Gasteiger partial charge in [0, 0.05) is 12.2 Å². The quantitative estimate of drug-likeness (QED) is 0.796. The van der Waals surface area contributed by atoms with Crippen molar-refractivity contribution in [1.29, 1.82) is 0 Å². The van der Waals surface area contributed by atoms with Crippen LogP contribution in [0.4, 0.5) is 0 Å². The number of carbonyl (C=O) groups is 1. The van der Waals surface area contributed by atoms with Crippen molar-refractivity contribution >= 4 is 16.0 Å². The molecule has 1 aromatic heterocycles. The first-order valence-corrected chi connectivity index (χ1v) is 8.61. The topological polar surface area (TPSA) is 101 Å². The Balaban J connectivity index is 2.19. The van der Waals surface area contributed by atoms with E-state index in [0.29, 0.717) is 0 Å². The fourth-order valence-corrected chi connectivity index (χ4v) is 3.15. The number of benzene rings is 1. The summed E-state index contributed by atoms with van der Waals surface area (Å²) in [7, 11) is -3.95. The number of carboxylic acids is 1. The number of hydrogen-bond acceptors (Lipinski definition) is 4. The second-order valence-corrected chi connectivity index (χ2v) is 7.17. The van der Waals surface area contributed by atoms with Gasteiger partial charge in [0.15, 0.2) is 0 Å². The Hall–Kier alpha value is -2.19. The summed E-state index contributed by atoms with van der Waals surface area (Å²) in [6.07, 6.45) is 2.66. The lowest BCUT2D eigenvalue weighted by molar-refractivity contribution is -0.138. The summed E-state index contributed by atoms with van der Waals surface area (Å²) < 4.78 is 28.4. The average molecular weight is 337 g/mol. The third-order valence-electron chi connectivity index (χ3n) is 3.30. The summed E-state index contributed by atoms with van der Waals surface area (Å²) in [6, 6.07) is 7.62. The van der Waals surface area contributed by atoms with Crippen LogP contribution >= 0.6 is 0 Å². The molecule has 0 bridgehead atoms. The van der Waals surface area contributed by atoms with Gasteiger partial charge in [0.05, 0.1) is 6.20 Å². The van der Waals surface area contributed by atoms with Crippen LogP contribution in [0, 0.1) is 0 Å². The van der Waals surface area contributed by atoms with Crippen LogP contribution in [-0.4, -0.2) is 35.3 Å². The summed E-state index contributed by atoms with van der Waals surface area (Å²) >= 11 is 0. The third-order valence-corrected chi connectivity index (χ3v) is 4.72. The number of nitrogens with one attached hydrogen (secondary N) is 1. The molecule has 1 heterocycles. The molecule has 0 saturated carbocycles. The highest BCUT2D eigenvalue weighted by Crippen LogP contribution is 2.13. The zero-order valence-electron chi connectivity index (χ0n) is 12.9. The van der Waals surface area contributed by atoms with Gasteiger partial charge in [-0.15, -0.1) is 0 Å². The predicted octanol–water partition coefficient (Wildman–Crippen LogP) is 1.44. The minimum atomic E-state index is -3.95. The van der Waals surface area contributed by atoms with E-state index >= 15 is 0 Å². The molecular formula is C15H19N3O4S. The van der Waals surface area contributed by atoms with Crippen LogP contribution in [0.1, 0.15) is 25.5 Å². The summed E-state index contributed by atoms with van der Waals surface area (Å²) in [5.41, 5.74) is 0.737. The van der Waals surface area contributed by atoms with Crippen molar-refractivity contribution < 1.29 is 18.3 Å². The van der Waals surface area contributed by atoms with Crippen LogP contribution in [-0.2, 0) is 21.2 Å². The Morgan fingerprint density at radius 3 is 2.48 bits per heavy atom. The van der Waals surface area contributed by atoms with Gasteiger partial charge >= 0.3 is 5.97 Å². The highest BCUT2D eigenvalue weighted by Gasteiger charge is 2.26. The van der Waals surface area contributed by atoms with Gasteiger partial charge in [-0.2, -0.15) is 9.82 Å². The number of hydrogen-bond donors (Lipinski definition) is 2. The van der Waals surface area contributed by atoms with E-state index < -0.39 is 22.0 Å². The van der Waals surface area contributed by atoms with Crippen molar-refractivity contribution in [2.75, 3.05) is 0 Å². The fourth-order valence-electron chi connectivity index (χ4n) is 2.03. The highest BCUT2D eigenvalue weighted by molar-refractivity contribution is 7.89. The molecule has 0 aliphatic carbocycles. The van der Waals surface area contributed by atoms with Gasteiger partial charge in [0.1, 0.15) is 10.9 Å². The number of carboxylic acid groups (broad SMARTS) is 1. The smallest absolute Gasteiger partial charge is 0.322 e. The van der Waals surface area contributed by atoms with Crippen LogP contribution in [0.5, 0.6) is 0 Å². The second kappa shape index (κ2) is 6.93. The summed E-state index contributed by atoms with van der Waals surface area (Å²) in [6.45, 7) is 3.73. The largest absolute Gasteiger partial charge is 0.480 e. The summed E-state index contributed by atoms with van der Waals surface area (Å²) in [4.78, 5) is 11.3. The minimum Gasteiger partial charge on any atom is -0.480 e. The van der Waals surface area contributed by atoms with Gasteiger partial charge in [-0.25, -0.2) is 8.42 Å². The number of nitrogens with zero attached hydrogens (tertiary/aromatic N) is 2. The second-order valence-electron chi connectivity index (χ2n) is 5.45. The van der Waals surface area contributed by atoms with Crippen LogP contribution in [0.25, 0.3) is 0 Å². The molecule has 0 aliphatic rings. The van der Waals surface area contributed by atoms with Crippen LogP contribution in [0.2, 0.25) is 0 Å². The van der Waals surface area contributed by atoms with E-state index in [9.17, 15) is 18.3 Å². The van der Waals surface area contributed by atoms with Crippen LogP contribution in [0.15, 0.2) is 47.6 Å². The van der Waals surface area contributed by atoms with Gasteiger partial charge in [-0.1, -0.05) is 30.3 Å². The first-order valence-electron chi connectivity index (χ1n) is 7.13. The molecule has 0 amide bonds. The lowest BCUT2D eigenvalue weighted by atomic mass is 10.1. The van der Waals surface area contributed by atoms with Gasteiger partial charge < -0.3 is 5.11 Å². The third kappa shape index (κ3) is 4.40. The van der Waals surface area contributed by atoms with Crippen molar-refractivity contribution in [2.24, 2.45) is 0 Å². The van der Waals surface area contributed by atoms with Crippen molar-refractivity contribution in [3.63, 3.8) is 0 Å². The van der Waals surface area contributed by atoms with E-state index in [0.717, 1.165) is 5.56 Å². The molecule has 0 aliphatic heterocycles.